The third-order valence-corrected chi connectivity index (χ3v) is 3.10. The second-order valence-corrected chi connectivity index (χ2v) is 5.74. The summed E-state index contributed by atoms with van der Waals surface area (Å²) in [5.74, 6) is 0.712. The molecular weight excluding hydrogens is 250 g/mol. The molecule has 0 saturated carbocycles. The fourth-order valence-electron chi connectivity index (χ4n) is 1.95. The van der Waals surface area contributed by atoms with Crippen molar-refractivity contribution in [3.05, 3.63) is 35.4 Å². The standard InChI is InChI=1S/C17H29NO2/c1-14(2)11-18-10-9-16-5-7-17(8-6-16)13-20-15(3)12-19-4/h5-8,14-15,18H,9-13H2,1-4H3. The highest BCUT2D eigenvalue weighted by atomic mass is 16.5. The van der Waals surface area contributed by atoms with Gasteiger partial charge in [-0.25, -0.2) is 0 Å². The lowest BCUT2D eigenvalue weighted by Crippen LogP contribution is -2.22. The van der Waals surface area contributed by atoms with Crippen molar-refractivity contribution >= 4 is 0 Å². The Morgan fingerprint density at radius 2 is 1.70 bits per heavy atom. The van der Waals surface area contributed by atoms with Gasteiger partial charge in [-0.3, -0.25) is 0 Å². The molecule has 0 aliphatic heterocycles. The molecule has 0 saturated heterocycles. The molecule has 20 heavy (non-hydrogen) atoms. The van der Waals surface area contributed by atoms with Crippen molar-refractivity contribution in [3.8, 4) is 0 Å². The summed E-state index contributed by atoms with van der Waals surface area (Å²) in [4.78, 5) is 0. The van der Waals surface area contributed by atoms with Crippen LogP contribution in [0.1, 0.15) is 31.9 Å². The van der Waals surface area contributed by atoms with Crippen LogP contribution in [0.25, 0.3) is 0 Å². The Kier molecular flexibility index (Phi) is 8.51. The lowest BCUT2D eigenvalue weighted by atomic mass is 10.1. The number of rotatable bonds is 10. The van der Waals surface area contributed by atoms with Gasteiger partial charge < -0.3 is 14.8 Å². The first kappa shape index (κ1) is 17.2. The number of hydrogen-bond donors (Lipinski definition) is 1. The molecule has 1 rings (SSSR count). The zero-order chi connectivity index (χ0) is 14.8. The first-order valence-electron chi connectivity index (χ1n) is 7.51. The maximum Gasteiger partial charge on any atom is 0.0784 e. The van der Waals surface area contributed by atoms with Crippen molar-refractivity contribution in [1.29, 1.82) is 0 Å². The fourth-order valence-corrected chi connectivity index (χ4v) is 1.95. The van der Waals surface area contributed by atoms with Crippen LogP contribution >= 0.6 is 0 Å². The minimum Gasteiger partial charge on any atom is -0.382 e. The number of nitrogens with one attached hydrogen (secondary N) is 1. The van der Waals surface area contributed by atoms with Gasteiger partial charge in [-0.2, -0.15) is 0 Å². The van der Waals surface area contributed by atoms with E-state index in [4.69, 9.17) is 9.47 Å². The highest BCUT2D eigenvalue weighted by molar-refractivity contribution is 5.22. The lowest BCUT2D eigenvalue weighted by Gasteiger charge is -2.12. The number of benzene rings is 1. The fraction of sp³-hybridized carbons (Fsp3) is 0.647. The predicted octanol–water partition coefficient (Wildman–Crippen LogP) is 3.03. The van der Waals surface area contributed by atoms with Crippen molar-refractivity contribution in [3.63, 3.8) is 0 Å². The molecule has 0 aliphatic rings. The summed E-state index contributed by atoms with van der Waals surface area (Å²) in [5.41, 5.74) is 2.58. The highest BCUT2D eigenvalue weighted by Gasteiger charge is 2.02. The maximum atomic E-state index is 5.70. The van der Waals surface area contributed by atoms with E-state index in [1.165, 1.54) is 11.1 Å². The van der Waals surface area contributed by atoms with Gasteiger partial charge in [-0.1, -0.05) is 38.1 Å². The molecule has 1 aromatic carbocycles. The van der Waals surface area contributed by atoms with E-state index in [1.54, 1.807) is 7.11 Å². The van der Waals surface area contributed by atoms with Gasteiger partial charge in [0, 0.05) is 7.11 Å². The third-order valence-electron chi connectivity index (χ3n) is 3.10. The first-order valence-corrected chi connectivity index (χ1v) is 7.51. The van der Waals surface area contributed by atoms with E-state index in [9.17, 15) is 0 Å². The third kappa shape index (κ3) is 7.63. The molecule has 0 amide bonds. The van der Waals surface area contributed by atoms with Crippen LogP contribution < -0.4 is 5.32 Å². The Labute approximate surface area is 123 Å². The van der Waals surface area contributed by atoms with Crippen LogP contribution in [0.15, 0.2) is 24.3 Å². The summed E-state index contributed by atoms with van der Waals surface area (Å²) in [6, 6.07) is 8.68. The van der Waals surface area contributed by atoms with Crippen molar-refractivity contribution in [2.24, 2.45) is 5.92 Å². The summed E-state index contributed by atoms with van der Waals surface area (Å²) >= 11 is 0. The molecule has 1 N–H and O–H groups in total. The first-order chi connectivity index (χ1) is 9.61. The van der Waals surface area contributed by atoms with E-state index >= 15 is 0 Å². The topological polar surface area (TPSA) is 30.5 Å². The van der Waals surface area contributed by atoms with E-state index in [2.05, 4.69) is 43.4 Å². The lowest BCUT2D eigenvalue weighted by molar-refractivity contribution is -0.000128. The smallest absolute Gasteiger partial charge is 0.0784 e. The summed E-state index contributed by atoms with van der Waals surface area (Å²) in [6.07, 6.45) is 1.22. The second kappa shape index (κ2) is 9.92. The second-order valence-electron chi connectivity index (χ2n) is 5.74. The van der Waals surface area contributed by atoms with Crippen LogP contribution in [-0.4, -0.2) is 32.9 Å². The minimum absolute atomic E-state index is 0.139. The Hall–Kier alpha value is -0.900. The van der Waals surface area contributed by atoms with Crippen LogP contribution in [0.3, 0.4) is 0 Å². The molecular formula is C17H29NO2. The number of methoxy groups -OCH3 is 1. The molecule has 0 radical (unpaired) electrons. The SMILES string of the molecule is COCC(C)OCc1ccc(CCNCC(C)C)cc1. The van der Waals surface area contributed by atoms with Gasteiger partial charge in [0.1, 0.15) is 0 Å². The van der Waals surface area contributed by atoms with Crippen molar-refractivity contribution in [1.82, 2.24) is 5.32 Å². The molecule has 0 aliphatic carbocycles. The maximum absolute atomic E-state index is 5.70. The van der Waals surface area contributed by atoms with Crippen LogP contribution in [0.5, 0.6) is 0 Å². The van der Waals surface area contributed by atoms with Gasteiger partial charge in [0.05, 0.1) is 19.3 Å². The molecule has 3 heteroatoms. The van der Waals surface area contributed by atoms with Crippen LogP contribution in [0.4, 0.5) is 0 Å². The van der Waals surface area contributed by atoms with Gasteiger partial charge in [-0.15, -0.1) is 0 Å². The van der Waals surface area contributed by atoms with E-state index in [0.29, 0.717) is 19.1 Å². The zero-order valence-corrected chi connectivity index (χ0v) is 13.3. The van der Waals surface area contributed by atoms with Gasteiger partial charge in [0.2, 0.25) is 0 Å². The van der Waals surface area contributed by atoms with Gasteiger partial charge in [-0.05, 0) is 43.5 Å². The molecule has 0 fully saturated rings. The monoisotopic (exact) mass is 279 g/mol. The zero-order valence-electron chi connectivity index (χ0n) is 13.3. The van der Waals surface area contributed by atoms with Crippen LogP contribution in [0, 0.1) is 5.92 Å². The Morgan fingerprint density at radius 1 is 1.05 bits per heavy atom. The molecule has 1 unspecified atom stereocenters. The molecule has 114 valence electrons. The van der Waals surface area contributed by atoms with E-state index < -0.39 is 0 Å². The summed E-state index contributed by atoms with van der Waals surface area (Å²) in [5, 5.41) is 3.46. The number of hydrogen-bond acceptors (Lipinski definition) is 3. The molecule has 0 aromatic heterocycles. The molecule has 1 aromatic rings. The predicted molar refractivity (Wildman–Crippen MR) is 84.0 cm³/mol. The normalized spacial score (nSPS) is 12.8. The largest absolute Gasteiger partial charge is 0.382 e. The average molecular weight is 279 g/mol. The average Bonchev–Trinajstić information content (AvgIpc) is 2.43. The molecule has 3 nitrogen and oxygen atoms in total. The molecule has 0 bridgehead atoms. The van der Waals surface area contributed by atoms with Crippen LogP contribution in [0.2, 0.25) is 0 Å². The molecule has 0 spiro atoms. The van der Waals surface area contributed by atoms with Crippen molar-refractivity contribution in [2.45, 2.75) is 39.9 Å². The van der Waals surface area contributed by atoms with E-state index in [1.807, 2.05) is 6.92 Å². The van der Waals surface area contributed by atoms with Gasteiger partial charge in [0.25, 0.3) is 0 Å². The number of ether oxygens (including phenoxy) is 2. The van der Waals surface area contributed by atoms with Crippen molar-refractivity contribution in [2.75, 3.05) is 26.8 Å². The summed E-state index contributed by atoms with van der Waals surface area (Å²) in [6.45, 7) is 9.90. The molecule has 1 atom stereocenters. The summed E-state index contributed by atoms with van der Waals surface area (Å²) in [7, 11) is 1.70. The van der Waals surface area contributed by atoms with E-state index in [-0.39, 0.29) is 6.10 Å². The Balaban J connectivity index is 2.25. The minimum atomic E-state index is 0.139. The van der Waals surface area contributed by atoms with E-state index in [0.717, 1.165) is 19.5 Å². The van der Waals surface area contributed by atoms with Crippen LogP contribution in [-0.2, 0) is 22.5 Å². The Bertz CT molecular complexity index is 349. The highest BCUT2D eigenvalue weighted by Crippen LogP contribution is 2.07. The quantitative estimate of drug-likeness (QED) is 0.668. The summed E-state index contributed by atoms with van der Waals surface area (Å²) < 4.78 is 10.7. The Morgan fingerprint density at radius 3 is 2.30 bits per heavy atom. The van der Waals surface area contributed by atoms with Gasteiger partial charge >= 0.3 is 0 Å². The van der Waals surface area contributed by atoms with Crippen molar-refractivity contribution < 1.29 is 9.47 Å². The molecule has 0 heterocycles. The van der Waals surface area contributed by atoms with Gasteiger partial charge in [0.15, 0.2) is 0 Å².